The molecule has 0 saturated carbocycles. The molecule has 0 atom stereocenters. The lowest BCUT2D eigenvalue weighted by molar-refractivity contribution is -0.0496. The van der Waals surface area contributed by atoms with Crippen molar-refractivity contribution in [2.24, 2.45) is 18.0 Å². The number of alkyl halides is 3. The van der Waals surface area contributed by atoms with Crippen LogP contribution in [0.25, 0.3) is 0 Å². The minimum atomic E-state index is -5.24. The number of guanidine groups is 1. The van der Waals surface area contributed by atoms with Crippen molar-refractivity contribution in [3.8, 4) is 0 Å². The molecule has 8 nitrogen and oxygen atoms in total. The first-order chi connectivity index (χ1) is 13.6. The summed E-state index contributed by atoms with van der Waals surface area (Å²) >= 11 is 0. The van der Waals surface area contributed by atoms with E-state index in [1.807, 2.05) is 26.4 Å². The van der Waals surface area contributed by atoms with Crippen molar-refractivity contribution in [1.29, 1.82) is 0 Å². The second-order valence-corrected chi connectivity index (χ2v) is 8.99. The molecule has 1 aromatic rings. The van der Waals surface area contributed by atoms with Crippen LogP contribution in [0.15, 0.2) is 17.4 Å². The molecular weight excluding hydrogens is 409 g/mol. The van der Waals surface area contributed by atoms with Crippen LogP contribution in [0, 0.1) is 5.92 Å². The number of aliphatic imine (C=N–C) groups is 1. The molecule has 1 aromatic heterocycles. The quantitative estimate of drug-likeness (QED) is 0.364. The second kappa shape index (κ2) is 10.3. The predicted octanol–water partition coefficient (Wildman–Crippen LogP) is 1.47. The van der Waals surface area contributed by atoms with Gasteiger partial charge in [0.1, 0.15) is 0 Å². The lowest BCUT2D eigenvalue weighted by Crippen LogP contribution is -2.45. The lowest BCUT2D eigenvalue weighted by Gasteiger charge is -2.30. The average molecular weight is 439 g/mol. The smallest absolute Gasteiger partial charge is 0.357 e. The number of halogens is 3. The van der Waals surface area contributed by atoms with Gasteiger partial charge >= 0.3 is 15.5 Å². The molecule has 1 aliphatic heterocycles. The van der Waals surface area contributed by atoms with Gasteiger partial charge in [-0.1, -0.05) is 0 Å². The molecule has 0 spiro atoms. The van der Waals surface area contributed by atoms with E-state index in [4.69, 9.17) is 0 Å². The van der Waals surface area contributed by atoms with Crippen LogP contribution in [0.5, 0.6) is 0 Å². The van der Waals surface area contributed by atoms with Gasteiger partial charge in [-0.25, -0.2) is 8.42 Å². The SMILES string of the molecule is CCNC(=NCC1CCN(S(=O)(=O)C(F)(F)F)CC1)NCCCc1cnn(C)c1. The van der Waals surface area contributed by atoms with Crippen LogP contribution in [-0.4, -0.2) is 66.7 Å². The average Bonchev–Trinajstić information content (AvgIpc) is 3.07. The third-order valence-corrected chi connectivity index (χ3v) is 6.38. The standard InChI is InChI=1S/C17H29F3N6O2S/c1-3-21-16(22-8-4-5-15-12-24-25(2)13-15)23-11-14-6-9-26(10-7-14)29(27,28)17(18,19)20/h12-14H,3-11H2,1-2H3,(H2,21,22,23). The maximum Gasteiger partial charge on any atom is 0.511 e. The summed E-state index contributed by atoms with van der Waals surface area (Å²) in [6.07, 6.45) is 6.34. The molecule has 0 aliphatic carbocycles. The predicted molar refractivity (Wildman–Crippen MR) is 105 cm³/mol. The summed E-state index contributed by atoms with van der Waals surface area (Å²) in [5, 5.41) is 10.5. The van der Waals surface area contributed by atoms with Crippen LogP contribution in [-0.2, 0) is 23.5 Å². The Balaban J connectivity index is 1.77. The van der Waals surface area contributed by atoms with Gasteiger partial charge in [-0.2, -0.15) is 22.6 Å². The Morgan fingerprint density at radius 2 is 2.00 bits per heavy atom. The van der Waals surface area contributed by atoms with Gasteiger partial charge in [0.15, 0.2) is 5.96 Å². The molecule has 0 aromatic carbocycles. The van der Waals surface area contributed by atoms with Crippen molar-refractivity contribution in [1.82, 2.24) is 24.7 Å². The number of hydrogen-bond donors (Lipinski definition) is 2. The Labute approximate surface area is 169 Å². The number of nitrogens with zero attached hydrogens (tertiary/aromatic N) is 4. The molecule has 166 valence electrons. The van der Waals surface area contributed by atoms with Crippen molar-refractivity contribution in [2.45, 2.75) is 38.1 Å². The maximum atomic E-state index is 12.6. The van der Waals surface area contributed by atoms with Crippen molar-refractivity contribution >= 4 is 16.0 Å². The van der Waals surface area contributed by atoms with E-state index >= 15 is 0 Å². The molecule has 29 heavy (non-hydrogen) atoms. The van der Waals surface area contributed by atoms with Gasteiger partial charge in [-0.3, -0.25) is 9.67 Å². The zero-order chi connectivity index (χ0) is 21.5. The molecule has 1 fully saturated rings. The number of piperidine rings is 1. The van der Waals surface area contributed by atoms with Crippen molar-refractivity contribution < 1.29 is 21.6 Å². The third-order valence-electron chi connectivity index (χ3n) is 4.75. The molecule has 12 heteroatoms. The number of aromatic nitrogens is 2. The van der Waals surface area contributed by atoms with E-state index in [0.717, 1.165) is 24.9 Å². The van der Waals surface area contributed by atoms with Crippen LogP contribution >= 0.6 is 0 Å². The highest BCUT2D eigenvalue weighted by Gasteiger charge is 2.50. The number of aryl methyl sites for hydroxylation is 2. The first-order valence-electron chi connectivity index (χ1n) is 9.69. The minimum Gasteiger partial charge on any atom is -0.357 e. The van der Waals surface area contributed by atoms with Crippen molar-refractivity contribution in [3.63, 3.8) is 0 Å². The first-order valence-corrected chi connectivity index (χ1v) is 11.1. The first kappa shape index (κ1) is 23.5. The summed E-state index contributed by atoms with van der Waals surface area (Å²) in [7, 11) is -3.36. The van der Waals surface area contributed by atoms with Gasteiger partial charge in [0.2, 0.25) is 0 Å². The van der Waals surface area contributed by atoms with E-state index in [2.05, 4.69) is 20.7 Å². The fraction of sp³-hybridized carbons (Fsp3) is 0.765. The van der Waals surface area contributed by atoms with E-state index in [9.17, 15) is 21.6 Å². The van der Waals surface area contributed by atoms with Gasteiger partial charge in [-0.15, -0.1) is 0 Å². The highest BCUT2D eigenvalue weighted by Crippen LogP contribution is 2.30. The topological polar surface area (TPSA) is 91.6 Å². The molecule has 0 radical (unpaired) electrons. The highest BCUT2D eigenvalue weighted by atomic mass is 32.2. The van der Waals surface area contributed by atoms with Gasteiger partial charge in [0.25, 0.3) is 0 Å². The zero-order valence-electron chi connectivity index (χ0n) is 16.7. The summed E-state index contributed by atoms with van der Waals surface area (Å²) in [4.78, 5) is 4.51. The summed E-state index contributed by atoms with van der Waals surface area (Å²) < 4.78 is 63.1. The van der Waals surface area contributed by atoms with Crippen molar-refractivity contribution in [2.75, 3.05) is 32.7 Å². The Hall–Kier alpha value is -1.82. The van der Waals surface area contributed by atoms with Crippen LogP contribution in [0.4, 0.5) is 13.2 Å². The van der Waals surface area contributed by atoms with Crippen LogP contribution in [0.3, 0.4) is 0 Å². The molecule has 2 rings (SSSR count). The lowest BCUT2D eigenvalue weighted by atomic mass is 9.98. The highest BCUT2D eigenvalue weighted by molar-refractivity contribution is 7.90. The normalized spacial score (nSPS) is 17.5. The fourth-order valence-corrected chi connectivity index (χ4v) is 4.13. The van der Waals surface area contributed by atoms with Gasteiger partial charge in [0.05, 0.1) is 6.20 Å². The van der Waals surface area contributed by atoms with Crippen LogP contribution in [0.2, 0.25) is 0 Å². The van der Waals surface area contributed by atoms with Gasteiger partial charge in [-0.05, 0) is 44.1 Å². The summed E-state index contributed by atoms with van der Waals surface area (Å²) in [6.45, 7) is 3.55. The molecule has 2 heterocycles. The second-order valence-electron chi connectivity index (χ2n) is 7.07. The number of hydrogen-bond acceptors (Lipinski definition) is 4. The third kappa shape index (κ3) is 6.88. The minimum absolute atomic E-state index is 0.0560. The number of nitrogens with one attached hydrogen (secondary N) is 2. The maximum absolute atomic E-state index is 12.6. The number of sulfonamides is 1. The summed E-state index contributed by atoms with van der Waals surface area (Å²) in [5.41, 5.74) is -4.08. The zero-order valence-corrected chi connectivity index (χ0v) is 17.6. The molecule has 1 aliphatic rings. The van der Waals surface area contributed by atoms with E-state index in [1.54, 1.807) is 4.68 Å². The molecule has 2 N–H and O–H groups in total. The van der Waals surface area contributed by atoms with Crippen LogP contribution < -0.4 is 10.6 Å². The fourth-order valence-electron chi connectivity index (χ4n) is 3.14. The van der Waals surface area contributed by atoms with Crippen LogP contribution in [0.1, 0.15) is 31.7 Å². The molecule has 0 unspecified atom stereocenters. The Kier molecular flexibility index (Phi) is 8.32. The monoisotopic (exact) mass is 438 g/mol. The largest absolute Gasteiger partial charge is 0.511 e. The van der Waals surface area contributed by atoms with E-state index in [0.29, 0.717) is 36.2 Å². The van der Waals surface area contributed by atoms with Gasteiger partial charge < -0.3 is 10.6 Å². The number of rotatable bonds is 8. The Bertz CT molecular complexity index is 770. The van der Waals surface area contributed by atoms with Gasteiger partial charge in [0, 0.05) is 46.0 Å². The molecule has 0 bridgehead atoms. The van der Waals surface area contributed by atoms with E-state index in [1.165, 1.54) is 0 Å². The Morgan fingerprint density at radius 3 is 2.55 bits per heavy atom. The molecule has 1 saturated heterocycles. The molecular formula is C17H29F3N6O2S. The van der Waals surface area contributed by atoms with E-state index in [-0.39, 0.29) is 19.0 Å². The summed E-state index contributed by atoms with van der Waals surface area (Å²) in [6, 6.07) is 0. The molecule has 0 amide bonds. The Morgan fingerprint density at radius 1 is 1.31 bits per heavy atom. The van der Waals surface area contributed by atoms with Crippen molar-refractivity contribution in [3.05, 3.63) is 18.0 Å². The summed E-state index contributed by atoms with van der Waals surface area (Å²) in [5.74, 6) is 0.713. The van der Waals surface area contributed by atoms with E-state index < -0.39 is 15.5 Å².